The van der Waals surface area contributed by atoms with E-state index in [1.54, 1.807) is 5.57 Å². The molecule has 0 aromatic rings. The fourth-order valence-electron chi connectivity index (χ4n) is 8.13. The van der Waals surface area contributed by atoms with Crippen LogP contribution < -0.4 is 0 Å². The number of hydrogen-bond acceptors (Lipinski definition) is 2. The summed E-state index contributed by atoms with van der Waals surface area (Å²) in [4.78, 5) is 0. The molecule has 0 radical (unpaired) electrons. The number of aliphatic hydroxyl groups is 1. The van der Waals surface area contributed by atoms with Crippen LogP contribution in [0.15, 0.2) is 11.6 Å². The first kappa shape index (κ1) is 19.0. The molecular weight excluding hydrogens is 320 g/mol. The number of ether oxygens (including phenoxy) is 1. The van der Waals surface area contributed by atoms with Gasteiger partial charge in [0, 0.05) is 6.61 Å². The van der Waals surface area contributed by atoms with Gasteiger partial charge >= 0.3 is 0 Å². The van der Waals surface area contributed by atoms with Gasteiger partial charge in [-0.05, 0) is 113 Å². The summed E-state index contributed by atoms with van der Waals surface area (Å²) in [5.74, 6) is 3.24. The standard InChI is InChI=1S/C24H40O2/c1-5-17-8-10-20-19-9-7-18-15-22(3,25)13-14-24(18,16-26-6-2)21(19)11-12-23(17,20)4/h5,18-21,25H,6-16H2,1-4H3/t18-,19+,20+,21+,22?,23-,24-/m1/s1. The zero-order valence-corrected chi connectivity index (χ0v) is 17.5. The highest BCUT2D eigenvalue weighted by Gasteiger charge is 2.61. The zero-order chi connectivity index (χ0) is 18.6. The second-order valence-corrected chi connectivity index (χ2v) is 10.5. The van der Waals surface area contributed by atoms with E-state index in [-0.39, 0.29) is 0 Å². The Hall–Kier alpha value is -0.340. The van der Waals surface area contributed by atoms with Gasteiger partial charge in [0.25, 0.3) is 0 Å². The Bertz CT molecular complexity index is 565. The molecule has 148 valence electrons. The molecule has 4 rings (SSSR count). The SMILES string of the molecule is CC=C1CC[C@H]2[C@@H]3CC[C@@H]4CC(C)(O)CC[C@]4(COCC)[C@H]3CC[C@]12C. The summed E-state index contributed by atoms with van der Waals surface area (Å²) in [6, 6.07) is 0. The molecule has 0 heterocycles. The van der Waals surface area contributed by atoms with Crippen LogP contribution in [0.4, 0.5) is 0 Å². The largest absolute Gasteiger partial charge is 0.390 e. The number of rotatable bonds is 3. The normalized spacial score (nSPS) is 52.4. The van der Waals surface area contributed by atoms with Gasteiger partial charge in [0.15, 0.2) is 0 Å². The molecule has 0 bridgehead atoms. The molecule has 0 aromatic carbocycles. The topological polar surface area (TPSA) is 29.5 Å². The molecule has 0 amide bonds. The quantitative estimate of drug-likeness (QED) is 0.650. The molecule has 4 aliphatic rings. The van der Waals surface area contributed by atoms with Crippen molar-refractivity contribution in [1.29, 1.82) is 0 Å². The molecule has 4 aliphatic carbocycles. The third-order valence-corrected chi connectivity index (χ3v) is 9.42. The minimum Gasteiger partial charge on any atom is -0.390 e. The van der Waals surface area contributed by atoms with Crippen molar-refractivity contribution in [1.82, 2.24) is 0 Å². The molecule has 0 aliphatic heterocycles. The Balaban J connectivity index is 1.65. The average Bonchev–Trinajstić information content (AvgIpc) is 2.96. The van der Waals surface area contributed by atoms with Crippen LogP contribution >= 0.6 is 0 Å². The molecule has 4 saturated carbocycles. The zero-order valence-electron chi connectivity index (χ0n) is 17.5. The van der Waals surface area contributed by atoms with Gasteiger partial charge in [0.05, 0.1) is 12.2 Å². The molecule has 1 N–H and O–H groups in total. The first-order chi connectivity index (χ1) is 12.4. The third-order valence-electron chi connectivity index (χ3n) is 9.42. The van der Waals surface area contributed by atoms with Crippen LogP contribution in [0.5, 0.6) is 0 Å². The van der Waals surface area contributed by atoms with Crippen molar-refractivity contribution in [3.8, 4) is 0 Å². The van der Waals surface area contributed by atoms with E-state index < -0.39 is 5.60 Å². The molecular formula is C24H40O2. The minimum absolute atomic E-state index is 0.335. The van der Waals surface area contributed by atoms with Crippen molar-refractivity contribution < 1.29 is 9.84 Å². The predicted molar refractivity (Wildman–Crippen MR) is 107 cm³/mol. The Morgan fingerprint density at radius 2 is 1.88 bits per heavy atom. The highest BCUT2D eigenvalue weighted by Crippen LogP contribution is 2.68. The summed E-state index contributed by atoms with van der Waals surface area (Å²) >= 11 is 0. The van der Waals surface area contributed by atoms with Gasteiger partial charge in [0.1, 0.15) is 0 Å². The van der Waals surface area contributed by atoms with E-state index in [0.29, 0.717) is 16.7 Å². The van der Waals surface area contributed by atoms with Gasteiger partial charge < -0.3 is 9.84 Å². The van der Waals surface area contributed by atoms with Crippen molar-refractivity contribution in [3.05, 3.63) is 11.6 Å². The molecule has 4 fully saturated rings. The second kappa shape index (κ2) is 6.62. The van der Waals surface area contributed by atoms with E-state index in [1.807, 2.05) is 0 Å². The molecule has 1 unspecified atom stereocenters. The molecule has 2 heteroatoms. The fourth-order valence-corrected chi connectivity index (χ4v) is 8.13. The second-order valence-electron chi connectivity index (χ2n) is 10.5. The fraction of sp³-hybridized carbons (Fsp3) is 0.917. The molecule has 0 aromatic heterocycles. The van der Waals surface area contributed by atoms with Crippen molar-refractivity contribution in [2.24, 2.45) is 34.5 Å². The number of allylic oxidation sites excluding steroid dienone is 2. The molecule has 7 atom stereocenters. The van der Waals surface area contributed by atoms with Crippen LogP contribution in [0.1, 0.15) is 85.5 Å². The number of fused-ring (bicyclic) bond motifs is 5. The summed E-state index contributed by atoms with van der Waals surface area (Å²) in [7, 11) is 0. The van der Waals surface area contributed by atoms with Crippen molar-refractivity contribution in [2.45, 2.75) is 91.1 Å². The van der Waals surface area contributed by atoms with E-state index in [9.17, 15) is 5.11 Å². The Morgan fingerprint density at radius 3 is 2.62 bits per heavy atom. The van der Waals surface area contributed by atoms with Crippen molar-refractivity contribution in [3.63, 3.8) is 0 Å². The predicted octanol–water partition coefficient (Wildman–Crippen LogP) is 5.74. The summed E-state index contributed by atoms with van der Waals surface area (Å²) in [5, 5.41) is 10.8. The third kappa shape index (κ3) is 2.73. The van der Waals surface area contributed by atoms with E-state index in [1.165, 1.54) is 44.9 Å². The lowest BCUT2D eigenvalue weighted by molar-refractivity contribution is -0.172. The van der Waals surface area contributed by atoms with Crippen LogP contribution in [-0.2, 0) is 4.74 Å². The molecule has 2 nitrogen and oxygen atoms in total. The van der Waals surface area contributed by atoms with Gasteiger partial charge in [-0.3, -0.25) is 0 Å². The van der Waals surface area contributed by atoms with E-state index >= 15 is 0 Å². The van der Waals surface area contributed by atoms with E-state index in [4.69, 9.17) is 4.74 Å². The Morgan fingerprint density at radius 1 is 1.08 bits per heavy atom. The Labute approximate surface area is 160 Å². The summed E-state index contributed by atoms with van der Waals surface area (Å²) in [5.41, 5.74) is 2.09. The summed E-state index contributed by atoms with van der Waals surface area (Å²) < 4.78 is 6.14. The molecule has 0 saturated heterocycles. The first-order valence-electron chi connectivity index (χ1n) is 11.3. The molecule has 0 spiro atoms. The van der Waals surface area contributed by atoms with Crippen LogP contribution in [0.2, 0.25) is 0 Å². The van der Waals surface area contributed by atoms with Crippen LogP contribution in [0, 0.1) is 34.5 Å². The van der Waals surface area contributed by atoms with E-state index in [0.717, 1.165) is 43.8 Å². The maximum Gasteiger partial charge on any atom is 0.0622 e. The van der Waals surface area contributed by atoms with Gasteiger partial charge in [-0.25, -0.2) is 0 Å². The van der Waals surface area contributed by atoms with Crippen LogP contribution in [-0.4, -0.2) is 23.9 Å². The van der Waals surface area contributed by atoms with Crippen LogP contribution in [0.25, 0.3) is 0 Å². The van der Waals surface area contributed by atoms with Gasteiger partial charge in [-0.15, -0.1) is 0 Å². The monoisotopic (exact) mass is 360 g/mol. The maximum atomic E-state index is 10.8. The lowest BCUT2D eigenvalue weighted by Gasteiger charge is -2.62. The highest BCUT2D eigenvalue weighted by molar-refractivity contribution is 5.24. The smallest absolute Gasteiger partial charge is 0.0622 e. The molecule has 26 heavy (non-hydrogen) atoms. The highest BCUT2D eigenvalue weighted by atomic mass is 16.5. The Kier molecular flexibility index (Phi) is 4.84. The van der Waals surface area contributed by atoms with Crippen molar-refractivity contribution >= 4 is 0 Å². The van der Waals surface area contributed by atoms with Crippen LogP contribution in [0.3, 0.4) is 0 Å². The van der Waals surface area contributed by atoms with Gasteiger partial charge in [-0.1, -0.05) is 18.6 Å². The van der Waals surface area contributed by atoms with Gasteiger partial charge in [-0.2, -0.15) is 0 Å². The van der Waals surface area contributed by atoms with Gasteiger partial charge in [0.2, 0.25) is 0 Å². The van der Waals surface area contributed by atoms with E-state index in [2.05, 4.69) is 33.8 Å². The number of hydrogen-bond donors (Lipinski definition) is 1. The van der Waals surface area contributed by atoms with Crippen molar-refractivity contribution in [2.75, 3.05) is 13.2 Å². The summed E-state index contributed by atoms with van der Waals surface area (Å²) in [6.45, 7) is 10.8. The minimum atomic E-state index is -0.456. The maximum absolute atomic E-state index is 10.8. The first-order valence-corrected chi connectivity index (χ1v) is 11.3. The lowest BCUT2D eigenvalue weighted by atomic mass is 9.44. The lowest BCUT2D eigenvalue weighted by Crippen LogP contribution is -2.58. The summed E-state index contributed by atoms with van der Waals surface area (Å²) in [6.07, 6.45) is 13.7. The average molecular weight is 361 g/mol.